The minimum absolute atomic E-state index is 0.199. The van der Waals surface area contributed by atoms with Crippen molar-refractivity contribution in [1.29, 1.82) is 0 Å². The number of aromatic nitrogens is 1. The largest absolute Gasteiger partial charge is 0.507 e. The molecule has 0 spiro atoms. The van der Waals surface area contributed by atoms with E-state index >= 15 is 0 Å². The standard InChI is InChI=1S/C37H40N2O4/c1-36(2,3)27-20-23(42-7)18-25(34(27)40)29-14-16-31(38-29)33(22-12-10-9-11-13-22)32-17-15-30(39-32)26-19-24(43-8)21-28(35(26)41)37(4,5)6/h9-21,38,40-41H,1-8H3/b33-32-. The second-order valence-electron chi connectivity index (χ2n) is 12.9. The fraction of sp³-hybridized carbons (Fsp3) is 0.270. The molecule has 1 aliphatic rings. The summed E-state index contributed by atoms with van der Waals surface area (Å²) in [7, 11) is 3.26. The molecule has 6 heteroatoms. The molecule has 0 saturated carbocycles. The van der Waals surface area contributed by atoms with E-state index in [-0.39, 0.29) is 22.3 Å². The maximum atomic E-state index is 11.3. The van der Waals surface area contributed by atoms with Crippen LogP contribution < -0.4 is 9.47 Å². The number of phenolic OH excluding ortho intramolecular Hbond substituents is 2. The number of hydrogen-bond donors (Lipinski definition) is 3. The normalized spacial score (nSPS) is 14.6. The van der Waals surface area contributed by atoms with Crippen molar-refractivity contribution in [1.82, 2.24) is 4.98 Å². The van der Waals surface area contributed by atoms with Gasteiger partial charge in [0.1, 0.15) is 23.0 Å². The number of methoxy groups -OCH3 is 2. The lowest BCUT2D eigenvalue weighted by Crippen LogP contribution is -2.13. The van der Waals surface area contributed by atoms with Gasteiger partial charge in [0.05, 0.1) is 25.6 Å². The number of aromatic hydroxyl groups is 2. The number of hydrogen-bond acceptors (Lipinski definition) is 5. The third-order valence-electron chi connectivity index (χ3n) is 7.73. The van der Waals surface area contributed by atoms with Gasteiger partial charge >= 0.3 is 0 Å². The van der Waals surface area contributed by atoms with E-state index in [2.05, 4.69) is 46.5 Å². The van der Waals surface area contributed by atoms with Crippen LogP contribution in [-0.4, -0.2) is 35.1 Å². The highest BCUT2D eigenvalue weighted by molar-refractivity contribution is 6.14. The van der Waals surface area contributed by atoms with Gasteiger partial charge in [-0.2, -0.15) is 0 Å². The molecule has 6 nitrogen and oxygen atoms in total. The van der Waals surface area contributed by atoms with Crippen molar-refractivity contribution in [3.8, 4) is 34.3 Å². The lowest BCUT2D eigenvalue weighted by Gasteiger charge is -2.23. The molecule has 0 amide bonds. The third kappa shape index (κ3) is 5.82. The predicted molar refractivity (Wildman–Crippen MR) is 175 cm³/mol. The summed E-state index contributed by atoms with van der Waals surface area (Å²) in [6, 6.07) is 21.5. The van der Waals surface area contributed by atoms with E-state index in [0.717, 1.165) is 39.3 Å². The highest BCUT2D eigenvalue weighted by atomic mass is 16.5. The van der Waals surface area contributed by atoms with Crippen molar-refractivity contribution in [2.75, 3.05) is 14.2 Å². The molecule has 0 fully saturated rings. The van der Waals surface area contributed by atoms with Crippen LogP contribution in [0.5, 0.6) is 23.0 Å². The topological polar surface area (TPSA) is 87.1 Å². The Labute approximate surface area is 254 Å². The maximum Gasteiger partial charge on any atom is 0.128 e. The summed E-state index contributed by atoms with van der Waals surface area (Å²) in [6.45, 7) is 12.4. The number of benzene rings is 3. The molecular formula is C37H40N2O4. The van der Waals surface area contributed by atoms with Crippen molar-refractivity contribution in [2.24, 2.45) is 4.99 Å². The second kappa shape index (κ2) is 11.2. The van der Waals surface area contributed by atoms with Gasteiger partial charge in [0.15, 0.2) is 0 Å². The predicted octanol–water partition coefficient (Wildman–Crippen LogP) is 8.52. The number of nitrogens with one attached hydrogen (secondary N) is 1. The molecule has 1 aliphatic heterocycles. The number of phenols is 2. The number of H-pyrrole nitrogens is 1. The lowest BCUT2D eigenvalue weighted by molar-refractivity contribution is 0.405. The van der Waals surface area contributed by atoms with Gasteiger partial charge in [-0.15, -0.1) is 0 Å². The van der Waals surface area contributed by atoms with Crippen LogP contribution in [0.3, 0.4) is 0 Å². The summed E-state index contributed by atoms with van der Waals surface area (Å²) in [5.41, 5.74) is 7.19. The molecule has 3 N–H and O–H groups in total. The average Bonchev–Trinajstić information content (AvgIpc) is 3.64. The Morgan fingerprint density at radius 1 is 0.698 bits per heavy atom. The zero-order valence-electron chi connectivity index (χ0n) is 26.2. The van der Waals surface area contributed by atoms with Crippen molar-refractivity contribution in [3.63, 3.8) is 0 Å². The molecule has 0 bridgehead atoms. The third-order valence-corrected chi connectivity index (χ3v) is 7.73. The molecule has 43 heavy (non-hydrogen) atoms. The number of aromatic amines is 1. The summed E-state index contributed by atoms with van der Waals surface area (Å²) >= 11 is 0. The van der Waals surface area contributed by atoms with Gasteiger partial charge in [-0.3, -0.25) is 0 Å². The summed E-state index contributed by atoms with van der Waals surface area (Å²) in [5, 5.41) is 22.6. The highest BCUT2D eigenvalue weighted by Crippen LogP contribution is 2.43. The average molecular weight is 577 g/mol. The molecule has 3 aromatic carbocycles. The van der Waals surface area contributed by atoms with Crippen LogP contribution in [0.4, 0.5) is 0 Å². The first-order valence-corrected chi connectivity index (χ1v) is 14.4. The number of nitrogens with zero attached hydrogens (tertiary/aromatic N) is 1. The maximum absolute atomic E-state index is 11.3. The fourth-order valence-electron chi connectivity index (χ4n) is 5.39. The molecule has 0 atom stereocenters. The summed E-state index contributed by atoms with van der Waals surface area (Å²) < 4.78 is 11.2. The zero-order chi connectivity index (χ0) is 31.1. The number of ether oxygens (including phenoxy) is 2. The van der Waals surface area contributed by atoms with Gasteiger partial charge in [-0.25, -0.2) is 4.99 Å². The molecule has 4 aromatic rings. The first-order chi connectivity index (χ1) is 20.3. The Morgan fingerprint density at radius 3 is 1.81 bits per heavy atom. The van der Waals surface area contributed by atoms with Gasteiger partial charge in [-0.1, -0.05) is 71.9 Å². The van der Waals surface area contributed by atoms with Crippen LogP contribution in [0, 0.1) is 0 Å². The molecule has 1 aromatic heterocycles. The number of aliphatic imine (C=N–C) groups is 1. The van der Waals surface area contributed by atoms with E-state index < -0.39 is 0 Å². The van der Waals surface area contributed by atoms with Crippen molar-refractivity contribution in [3.05, 3.63) is 113 Å². The van der Waals surface area contributed by atoms with E-state index in [1.54, 1.807) is 14.2 Å². The molecule has 0 unspecified atom stereocenters. The molecule has 5 rings (SSSR count). The van der Waals surface area contributed by atoms with Gasteiger partial charge in [0, 0.05) is 39.2 Å². The van der Waals surface area contributed by atoms with E-state index in [4.69, 9.17) is 14.5 Å². The summed E-state index contributed by atoms with van der Waals surface area (Å²) in [5.74, 6) is 1.76. The first kappa shape index (κ1) is 29.8. The van der Waals surface area contributed by atoms with Crippen molar-refractivity contribution in [2.45, 2.75) is 52.4 Å². The van der Waals surface area contributed by atoms with Gasteiger partial charge in [0.25, 0.3) is 0 Å². The van der Waals surface area contributed by atoms with Crippen LogP contribution in [0.2, 0.25) is 0 Å². The second-order valence-corrected chi connectivity index (χ2v) is 12.9. The molecule has 2 heterocycles. The highest BCUT2D eigenvalue weighted by Gasteiger charge is 2.26. The molecule has 0 radical (unpaired) electrons. The number of allylic oxidation sites excluding steroid dienone is 2. The van der Waals surface area contributed by atoms with Crippen LogP contribution >= 0.6 is 0 Å². The minimum Gasteiger partial charge on any atom is -0.507 e. The monoisotopic (exact) mass is 576 g/mol. The molecule has 0 aliphatic carbocycles. The van der Waals surface area contributed by atoms with E-state index in [1.807, 2.05) is 78.9 Å². The lowest BCUT2D eigenvalue weighted by atomic mass is 9.84. The smallest absolute Gasteiger partial charge is 0.128 e. The fourth-order valence-corrected chi connectivity index (χ4v) is 5.39. The molecular weight excluding hydrogens is 536 g/mol. The van der Waals surface area contributed by atoms with Gasteiger partial charge in [-0.05, 0) is 64.9 Å². The Hall–Kier alpha value is -4.71. The van der Waals surface area contributed by atoms with Crippen molar-refractivity contribution < 1.29 is 19.7 Å². The Balaban J connectivity index is 1.67. The zero-order valence-corrected chi connectivity index (χ0v) is 26.2. The van der Waals surface area contributed by atoms with Gasteiger partial charge < -0.3 is 24.7 Å². The van der Waals surface area contributed by atoms with Crippen LogP contribution in [-0.2, 0) is 10.8 Å². The first-order valence-electron chi connectivity index (χ1n) is 14.4. The quantitative estimate of drug-likeness (QED) is 0.215. The Bertz CT molecular complexity index is 1760. The minimum atomic E-state index is -0.288. The molecule has 0 saturated heterocycles. The summed E-state index contributed by atoms with van der Waals surface area (Å²) in [6.07, 6.45) is 3.89. The summed E-state index contributed by atoms with van der Waals surface area (Å²) in [4.78, 5) is 8.57. The molecule has 222 valence electrons. The van der Waals surface area contributed by atoms with Crippen LogP contribution in [0.25, 0.3) is 16.8 Å². The van der Waals surface area contributed by atoms with E-state index in [1.165, 1.54) is 0 Å². The van der Waals surface area contributed by atoms with E-state index in [0.29, 0.717) is 28.3 Å². The Morgan fingerprint density at radius 2 is 1.26 bits per heavy atom. The van der Waals surface area contributed by atoms with E-state index in [9.17, 15) is 10.2 Å². The van der Waals surface area contributed by atoms with Crippen LogP contribution in [0.1, 0.15) is 69.5 Å². The van der Waals surface area contributed by atoms with Gasteiger partial charge in [0.2, 0.25) is 0 Å². The Kier molecular flexibility index (Phi) is 7.74. The SMILES string of the molecule is COc1cc(C2=N/C(=C(/c3ccccc3)c3ccc(-c4cc(OC)cc(C(C)(C)C)c4O)[nH]3)C=C2)c(O)c(C(C)(C)C)c1. The number of rotatable bonds is 6. The van der Waals surface area contributed by atoms with Crippen LogP contribution in [0.15, 0.2) is 89.6 Å². The van der Waals surface area contributed by atoms with Crippen molar-refractivity contribution >= 4 is 11.3 Å².